The molecule has 10 heteroatoms. The topological polar surface area (TPSA) is 109 Å². The average molecular weight is 408 g/mol. The Morgan fingerprint density at radius 2 is 1.75 bits per heavy atom. The van der Waals surface area contributed by atoms with Crippen LogP contribution in [-0.2, 0) is 13.6 Å². The molecule has 0 aliphatic carbocycles. The number of hydrogen-bond donors (Lipinski definition) is 1. The quantitative estimate of drug-likeness (QED) is 0.361. The molecule has 0 radical (unpaired) electrons. The first kappa shape index (κ1) is 20.1. The van der Waals surface area contributed by atoms with Crippen LogP contribution in [0.4, 0.5) is 11.4 Å². The third-order valence-corrected chi connectivity index (χ3v) is 6.32. The van der Waals surface area contributed by atoms with E-state index < -0.39 is 18.3 Å². The third kappa shape index (κ3) is 4.27. The molecule has 2 aromatic rings. The highest BCUT2D eigenvalue weighted by Gasteiger charge is 2.38. The van der Waals surface area contributed by atoms with Crippen molar-refractivity contribution in [2.24, 2.45) is 0 Å². The van der Waals surface area contributed by atoms with Gasteiger partial charge in [-0.3, -0.25) is 14.7 Å². The van der Waals surface area contributed by atoms with Gasteiger partial charge in [0, 0.05) is 17.8 Å². The molecule has 2 aromatic carbocycles. The Bertz CT molecular complexity index is 878. The minimum Gasteiger partial charge on any atom is -0.454 e. The largest absolute Gasteiger partial charge is 0.454 e. The molecule has 0 saturated heterocycles. The average Bonchev–Trinajstić information content (AvgIpc) is 3.14. The van der Waals surface area contributed by atoms with Crippen LogP contribution in [0.2, 0.25) is 0 Å². The van der Waals surface area contributed by atoms with E-state index in [1.165, 1.54) is 12.1 Å². The van der Waals surface area contributed by atoms with Crippen LogP contribution in [0.1, 0.15) is 25.2 Å². The van der Waals surface area contributed by atoms with Crippen molar-refractivity contribution in [1.29, 1.82) is 0 Å². The van der Waals surface area contributed by atoms with Crippen LogP contribution in [-0.4, -0.2) is 24.9 Å². The molecule has 1 unspecified atom stereocenters. The Kier molecular flexibility index (Phi) is 6.18. The van der Waals surface area contributed by atoms with Gasteiger partial charge in [0.15, 0.2) is 17.3 Å². The second kappa shape index (κ2) is 8.60. The van der Waals surface area contributed by atoms with Crippen molar-refractivity contribution in [3.05, 3.63) is 58.1 Å². The molecule has 28 heavy (non-hydrogen) atoms. The van der Waals surface area contributed by atoms with Gasteiger partial charge in [0.1, 0.15) is 0 Å². The van der Waals surface area contributed by atoms with Crippen molar-refractivity contribution < 1.29 is 28.0 Å². The molecule has 150 valence electrons. The predicted octanol–water partition coefficient (Wildman–Crippen LogP) is 4.70. The van der Waals surface area contributed by atoms with E-state index in [-0.39, 0.29) is 25.7 Å². The fraction of sp³-hybridized carbons (Fsp3) is 0.333. The van der Waals surface area contributed by atoms with Crippen LogP contribution in [0.3, 0.4) is 0 Å². The van der Waals surface area contributed by atoms with Gasteiger partial charge in [-0.2, -0.15) is 0 Å². The zero-order chi connectivity index (χ0) is 20.1. The van der Waals surface area contributed by atoms with Gasteiger partial charge >= 0.3 is 7.60 Å². The molecule has 0 aromatic heterocycles. The van der Waals surface area contributed by atoms with E-state index in [2.05, 4.69) is 5.32 Å². The fourth-order valence-electron chi connectivity index (χ4n) is 2.81. The molecule has 1 atom stereocenters. The third-order valence-electron chi connectivity index (χ3n) is 4.03. The van der Waals surface area contributed by atoms with E-state index in [9.17, 15) is 14.7 Å². The molecule has 3 rings (SSSR count). The molecule has 9 nitrogen and oxygen atoms in total. The standard InChI is InChI=1S/C18H21N2O7P/c1-3-26-28(23,27-4-2)18(13-5-10-16-17(11-13)25-12-24-16)19-14-6-8-15(9-7-14)20(21)22/h5-11,18-19H,3-4,12H2,1-2H3. The summed E-state index contributed by atoms with van der Waals surface area (Å²) in [6.07, 6.45) is 0. The first-order valence-electron chi connectivity index (χ1n) is 8.76. The summed E-state index contributed by atoms with van der Waals surface area (Å²) >= 11 is 0. The van der Waals surface area contributed by atoms with E-state index >= 15 is 0 Å². The van der Waals surface area contributed by atoms with Crippen molar-refractivity contribution >= 4 is 19.0 Å². The van der Waals surface area contributed by atoms with E-state index in [4.69, 9.17) is 18.5 Å². The Hall–Kier alpha value is -2.61. The van der Waals surface area contributed by atoms with Gasteiger partial charge in [-0.15, -0.1) is 0 Å². The number of hydrogen-bond acceptors (Lipinski definition) is 8. The Labute approximate surface area is 162 Å². The summed E-state index contributed by atoms with van der Waals surface area (Å²) < 4.78 is 35.3. The van der Waals surface area contributed by atoms with E-state index in [1.54, 1.807) is 44.2 Å². The first-order chi connectivity index (χ1) is 13.5. The van der Waals surface area contributed by atoms with E-state index in [0.717, 1.165) is 0 Å². The maximum absolute atomic E-state index is 13.5. The molecule has 0 amide bonds. The lowest BCUT2D eigenvalue weighted by atomic mass is 10.2. The number of nitro benzene ring substituents is 1. The zero-order valence-electron chi connectivity index (χ0n) is 15.5. The number of fused-ring (bicyclic) bond motifs is 1. The predicted molar refractivity (Wildman–Crippen MR) is 103 cm³/mol. The minimum atomic E-state index is -3.61. The van der Waals surface area contributed by atoms with Gasteiger partial charge in [-0.05, 0) is 43.7 Å². The van der Waals surface area contributed by atoms with Crippen molar-refractivity contribution in [3.8, 4) is 11.5 Å². The number of nitro groups is 1. The van der Waals surface area contributed by atoms with Crippen molar-refractivity contribution in [2.45, 2.75) is 19.6 Å². The number of ether oxygens (including phenoxy) is 2. The smallest absolute Gasteiger partial charge is 0.357 e. The lowest BCUT2D eigenvalue weighted by Gasteiger charge is -2.28. The molecule has 0 spiro atoms. The maximum atomic E-state index is 13.5. The molecule has 1 heterocycles. The van der Waals surface area contributed by atoms with Crippen LogP contribution >= 0.6 is 7.60 Å². The summed E-state index contributed by atoms with van der Waals surface area (Å²) in [5.74, 6) is 0.288. The molecule has 0 bridgehead atoms. The van der Waals surface area contributed by atoms with Crippen LogP contribution in [0.25, 0.3) is 0 Å². The number of nitrogens with one attached hydrogen (secondary N) is 1. The van der Waals surface area contributed by atoms with Crippen LogP contribution in [0, 0.1) is 10.1 Å². The second-order valence-corrected chi connectivity index (χ2v) is 7.95. The number of benzene rings is 2. The van der Waals surface area contributed by atoms with E-state index in [0.29, 0.717) is 22.7 Å². The van der Waals surface area contributed by atoms with Crippen molar-refractivity contribution in [2.75, 3.05) is 25.3 Å². The molecular formula is C18H21N2O7P. The summed E-state index contributed by atoms with van der Waals surface area (Å²) in [5, 5.41) is 14.0. The molecular weight excluding hydrogens is 387 g/mol. The highest BCUT2D eigenvalue weighted by molar-refractivity contribution is 7.54. The highest BCUT2D eigenvalue weighted by atomic mass is 31.2. The Balaban J connectivity index is 1.98. The van der Waals surface area contributed by atoms with Gasteiger partial charge in [-0.25, -0.2) is 0 Å². The number of non-ortho nitro benzene ring substituents is 1. The fourth-order valence-corrected chi connectivity index (χ4v) is 4.74. The van der Waals surface area contributed by atoms with Crippen LogP contribution in [0.5, 0.6) is 11.5 Å². The van der Waals surface area contributed by atoms with E-state index in [1.807, 2.05) is 0 Å². The monoisotopic (exact) mass is 408 g/mol. The molecule has 1 aliphatic rings. The molecule has 1 N–H and O–H groups in total. The van der Waals surface area contributed by atoms with Gasteiger partial charge in [0.2, 0.25) is 6.79 Å². The maximum Gasteiger partial charge on any atom is 0.357 e. The van der Waals surface area contributed by atoms with Gasteiger partial charge in [0.25, 0.3) is 5.69 Å². The highest BCUT2D eigenvalue weighted by Crippen LogP contribution is 2.61. The Morgan fingerprint density at radius 3 is 2.36 bits per heavy atom. The van der Waals surface area contributed by atoms with Crippen molar-refractivity contribution in [3.63, 3.8) is 0 Å². The Morgan fingerprint density at radius 1 is 1.11 bits per heavy atom. The molecule has 1 aliphatic heterocycles. The van der Waals surface area contributed by atoms with Gasteiger partial charge in [0.05, 0.1) is 18.1 Å². The first-order valence-corrected chi connectivity index (χ1v) is 10.4. The summed E-state index contributed by atoms with van der Waals surface area (Å²) in [6, 6.07) is 11.0. The number of nitrogens with zero attached hydrogens (tertiary/aromatic N) is 1. The van der Waals surface area contributed by atoms with Gasteiger partial charge in [-0.1, -0.05) is 6.07 Å². The summed E-state index contributed by atoms with van der Waals surface area (Å²) in [4.78, 5) is 10.4. The summed E-state index contributed by atoms with van der Waals surface area (Å²) in [5.41, 5.74) is 1.11. The lowest BCUT2D eigenvalue weighted by molar-refractivity contribution is -0.384. The molecule has 0 saturated carbocycles. The number of anilines is 1. The normalized spacial score (nSPS) is 13.9. The van der Waals surface area contributed by atoms with Crippen LogP contribution in [0.15, 0.2) is 42.5 Å². The summed E-state index contributed by atoms with van der Waals surface area (Å²) in [6.45, 7) is 3.97. The van der Waals surface area contributed by atoms with Gasteiger partial charge < -0.3 is 23.8 Å². The SMILES string of the molecule is CCOP(=O)(OCC)C(Nc1ccc([N+](=O)[O-])cc1)c1ccc2c(c1)OCO2. The summed E-state index contributed by atoms with van der Waals surface area (Å²) in [7, 11) is -3.61. The minimum absolute atomic E-state index is 0.0389. The number of rotatable bonds is 9. The van der Waals surface area contributed by atoms with Crippen LogP contribution < -0.4 is 14.8 Å². The second-order valence-electron chi connectivity index (χ2n) is 5.84. The molecule has 0 fully saturated rings. The lowest BCUT2D eigenvalue weighted by Crippen LogP contribution is -2.15. The zero-order valence-corrected chi connectivity index (χ0v) is 16.4. The van der Waals surface area contributed by atoms with Crippen molar-refractivity contribution in [1.82, 2.24) is 0 Å².